The maximum Gasteiger partial charge on any atom is 0.274 e. The highest BCUT2D eigenvalue weighted by Gasteiger charge is 2.35. The van der Waals surface area contributed by atoms with Crippen LogP contribution in [0.3, 0.4) is 0 Å². The molecule has 1 saturated carbocycles. The highest BCUT2D eigenvalue weighted by Crippen LogP contribution is 2.31. The van der Waals surface area contributed by atoms with E-state index in [0.29, 0.717) is 48.2 Å². The number of hydrogen-bond acceptors (Lipinski definition) is 4. The Morgan fingerprint density at radius 1 is 0.969 bits per heavy atom. The van der Waals surface area contributed by atoms with Crippen LogP contribution in [-0.4, -0.2) is 57.6 Å². The van der Waals surface area contributed by atoms with E-state index in [0.717, 1.165) is 12.8 Å². The van der Waals surface area contributed by atoms with Crippen LogP contribution >= 0.6 is 0 Å². The van der Waals surface area contributed by atoms with E-state index in [1.807, 2.05) is 6.07 Å². The number of halogens is 1. The Morgan fingerprint density at radius 3 is 2.31 bits per heavy atom. The molecule has 3 aromatic rings. The van der Waals surface area contributed by atoms with Crippen molar-refractivity contribution in [3.05, 3.63) is 64.2 Å². The normalized spacial score (nSPS) is 16.4. The van der Waals surface area contributed by atoms with Gasteiger partial charge in [-0.3, -0.25) is 14.4 Å². The van der Waals surface area contributed by atoms with E-state index < -0.39 is 11.7 Å². The molecule has 0 bridgehead atoms. The molecular formula is C24H23FN4O3. The summed E-state index contributed by atoms with van der Waals surface area (Å²) in [5.41, 5.74) is 0.811. The Bertz CT molecular complexity index is 1290. The quantitative estimate of drug-likeness (QED) is 0.635. The standard InChI is InChI=1S/C24H23FN4O3/c1-27-23(31)18-5-3-2-4-17(18)21(26-27)16-8-9-20(25)19(14-16)24(32)29-12-10-28(11-13-29)22(30)15-6-7-15/h2-5,8-9,14-15H,6-7,10-13H2,1H3. The Hall–Kier alpha value is -3.55. The second kappa shape index (κ2) is 7.85. The molecule has 1 aliphatic heterocycles. The third-order valence-electron chi connectivity index (χ3n) is 6.23. The van der Waals surface area contributed by atoms with E-state index in [-0.39, 0.29) is 22.9 Å². The van der Waals surface area contributed by atoms with Crippen LogP contribution in [0, 0.1) is 11.7 Å². The van der Waals surface area contributed by atoms with Crippen molar-refractivity contribution < 1.29 is 14.0 Å². The van der Waals surface area contributed by atoms with Crippen LogP contribution in [-0.2, 0) is 11.8 Å². The van der Waals surface area contributed by atoms with Gasteiger partial charge in [0.25, 0.3) is 11.5 Å². The summed E-state index contributed by atoms with van der Waals surface area (Å²) in [6.07, 6.45) is 1.90. The number of carbonyl (C=O) groups is 2. The minimum Gasteiger partial charge on any atom is -0.339 e. The van der Waals surface area contributed by atoms with Crippen molar-refractivity contribution in [1.29, 1.82) is 0 Å². The minimum atomic E-state index is -0.607. The number of nitrogens with zero attached hydrogens (tertiary/aromatic N) is 4. The molecule has 1 saturated heterocycles. The topological polar surface area (TPSA) is 75.5 Å². The molecule has 0 atom stereocenters. The maximum atomic E-state index is 14.7. The van der Waals surface area contributed by atoms with E-state index in [1.165, 1.54) is 16.8 Å². The first kappa shape index (κ1) is 20.4. The number of amides is 2. The Balaban J connectivity index is 1.44. The highest BCUT2D eigenvalue weighted by molar-refractivity contribution is 5.98. The fourth-order valence-corrected chi connectivity index (χ4v) is 4.24. The first-order valence-corrected chi connectivity index (χ1v) is 10.8. The van der Waals surface area contributed by atoms with Crippen molar-refractivity contribution in [2.24, 2.45) is 13.0 Å². The summed E-state index contributed by atoms with van der Waals surface area (Å²) in [4.78, 5) is 41.2. The van der Waals surface area contributed by atoms with Gasteiger partial charge in [0, 0.05) is 50.1 Å². The molecule has 2 heterocycles. The lowest BCUT2D eigenvalue weighted by molar-refractivity contribution is -0.134. The van der Waals surface area contributed by atoms with Gasteiger partial charge in [-0.25, -0.2) is 9.07 Å². The zero-order valence-corrected chi connectivity index (χ0v) is 17.8. The number of hydrogen-bond donors (Lipinski definition) is 0. The monoisotopic (exact) mass is 434 g/mol. The third-order valence-corrected chi connectivity index (χ3v) is 6.23. The van der Waals surface area contributed by atoms with Crippen molar-refractivity contribution in [2.45, 2.75) is 12.8 Å². The molecule has 0 radical (unpaired) electrons. The molecular weight excluding hydrogens is 411 g/mol. The van der Waals surface area contributed by atoms with Crippen LogP contribution in [0.2, 0.25) is 0 Å². The van der Waals surface area contributed by atoms with Crippen LogP contribution in [0.15, 0.2) is 47.3 Å². The molecule has 7 nitrogen and oxygen atoms in total. The molecule has 8 heteroatoms. The number of benzene rings is 2. The SMILES string of the molecule is Cn1nc(-c2ccc(F)c(C(=O)N3CCN(C(=O)C4CC4)CC3)c2)c2ccccc2c1=O. The second-order valence-corrected chi connectivity index (χ2v) is 8.41. The summed E-state index contributed by atoms with van der Waals surface area (Å²) in [7, 11) is 1.57. The van der Waals surface area contributed by atoms with Gasteiger partial charge in [0.2, 0.25) is 5.91 Å². The zero-order chi connectivity index (χ0) is 22.4. The third kappa shape index (κ3) is 3.55. The minimum absolute atomic E-state index is 0.0378. The highest BCUT2D eigenvalue weighted by atomic mass is 19.1. The molecule has 1 aromatic heterocycles. The number of rotatable bonds is 3. The molecule has 2 amide bonds. The van der Waals surface area contributed by atoms with Crippen LogP contribution < -0.4 is 5.56 Å². The molecule has 0 spiro atoms. The average Bonchev–Trinajstić information content (AvgIpc) is 3.67. The number of aromatic nitrogens is 2. The maximum absolute atomic E-state index is 14.7. The molecule has 5 rings (SSSR count). The van der Waals surface area contributed by atoms with Crippen molar-refractivity contribution in [2.75, 3.05) is 26.2 Å². The summed E-state index contributed by atoms with van der Waals surface area (Å²) in [5, 5.41) is 5.53. The van der Waals surface area contributed by atoms with Crippen molar-refractivity contribution in [3.8, 4) is 11.3 Å². The smallest absolute Gasteiger partial charge is 0.274 e. The predicted molar refractivity (Wildman–Crippen MR) is 118 cm³/mol. The van der Waals surface area contributed by atoms with Crippen LogP contribution in [0.1, 0.15) is 23.2 Å². The first-order valence-electron chi connectivity index (χ1n) is 10.8. The van der Waals surface area contributed by atoms with Crippen LogP contribution in [0.25, 0.3) is 22.0 Å². The number of piperazine rings is 1. The number of aryl methyl sites for hydroxylation is 1. The van der Waals surface area contributed by atoms with E-state index in [9.17, 15) is 18.8 Å². The lowest BCUT2D eigenvalue weighted by Crippen LogP contribution is -2.51. The molecule has 1 aliphatic carbocycles. The fourth-order valence-electron chi connectivity index (χ4n) is 4.24. The first-order chi connectivity index (χ1) is 15.4. The molecule has 2 aromatic carbocycles. The lowest BCUT2D eigenvalue weighted by Gasteiger charge is -2.35. The summed E-state index contributed by atoms with van der Waals surface area (Å²) in [5.74, 6) is -0.699. The summed E-state index contributed by atoms with van der Waals surface area (Å²) in [6, 6.07) is 11.4. The molecule has 2 aliphatic rings. The molecule has 0 N–H and O–H groups in total. The van der Waals surface area contributed by atoms with Gasteiger partial charge >= 0.3 is 0 Å². The summed E-state index contributed by atoms with van der Waals surface area (Å²) >= 11 is 0. The van der Waals surface area contributed by atoms with Crippen LogP contribution in [0.5, 0.6) is 0 Å². The van der Waals surface area contributed by atoms with Gasteiger partial charge < -0.3 is 9.80 Å². The second-order valence-electron chi connectivity index (χ2n) is 8.41. The van der Waals surface area contributed by atoms with Gasteiger partial charge in [-0.05, 0) is 37.1 Å². The fraction of sp³-hybridized carbons (Fsp3) is 0.333. The predicted octanol–water partition coefficient (Wildman–Crippen LogP) is 2.43. The van der Waals surface area contributed by atoms with Crippen molar-refractivity contribution >= 4 is 22.6 Å². The van der Waals surface area contributed by atoms with Crippen molar-refractivity contribution in [3.63, 3.8) is 0 Å². The van der Waals surface area contributed by atoms with Gasteiger partial charge in [0.15, 0.2) is 0 Å². The van der Waals surface area contributed by atoms with E-state index in [2.05, 4.69) is 5.10 Å². The molecule has 0 unspecified atom stereocenters. The van der Waals surface area contributed by atoms with Gasteiger partial charge in [0.05, 0.1) is 16.6 Å². The van der Waals surface area contributed by atoms with Crippen LogP contribution in [0.4, 0.5) is 4.39 Å². The Kier molecular flexibility index (Phi) is 5.00. The number of fused-ring (bicyclic) bond motifs is 1. The van der Waals surface area contributed by atoms with Gasteiger partial charge in [0.1, 0.15) is 5.82 Å². The molecule has 164 valence electrons. The van der Waals surface area contributed by atoms with E-state index in [4.69, 9.17) is 0 Å². The largest absolute Gasteiger partial charge is 0.339 e. The summed E-state index contributed by atoms with van der Waals surface area (Å²) < 4.78 is 15.9. The molecule has 32 heavy (non-hydrogen) atoms. The van der Waals surface area contributed by atoms with Gasteiger partial charge in [-0.1, -0.05) is 18.2 Å². The summed E-state index contributed by atoms with van der Waals surface area (Å²) in [6.45, 7) is 1.69. The zero-order valence-electron chi connectivity index (χ0n) is 17.8. The average molecular weight is 434 g/mol. The van der Waals surface area contributed by atoms with Gasteiger partial charge in [-0.2, -0.15) is 5.10 Å². The Morgan fingerprint density at radius 2 is 1.62 bits per heavy atom. The van der Waals surface area contributed by atoms with E-state index in [1.54, 1.807) is 41.1 Å². The number of carbonyl (C=O) groups excluding carboxylic acids is 2. The Labute approximate surface area is 184 Å². The lowest BCUT2D eigenvalue weighted by atomic mass is 10.0. The van der Waals surface area contributed by atoms with Gasteiger partial charge in [-0.15, -0.1) is 0 Å². The molecule has 2 fully saturated rings. The van der Waals surface area contributed by atoms with Crippen molar-refractivity contribution in [1.82, 2.24) is 19.6 Å². The van der Waals surface area contributed by atoms with E-state index >= 15 is 0 Å².